The van der Waals surface area contributed by atoms with Crippen molar-refractivity contribution in [1.82, 2.24) is 5.32 Å². The van der Waals surface area contributed by atoms with E-state index >= 15 is 0 Å². The molecule has 0 bridgehead atoms. The lowest BCUT2D eigenvalue weighted by Gasteiger charge is -1.95. The summed E-state index contributed by atoms with van der Waals surface area (Å²) < 4.78 is 0. The van der Waals surface area contributed by atoms with Crippen LogP contribution in [0.1, 0.15) is 5.56 Å². The maximum atomic E-state index is 9.90. The maximum Gasteiger partial charge on any atom is 0.289 e. The third-order valence-electron chi connectivity index (χ3n) is 1.66. The molecule has 0 radical (unpaired) electrons. The average Bonchev–Trinajstić information content (AvgIpc) is 2.72. The highest BCUT2D eigenvalue weighted by Crippen LogP contribution is 1.95. The van der Waals surface area contributed by atoms with Crippen molar-refractivity contribution in [1.29, 1.82) is 0 Å². The van der Waals surface area contributed by atoms with Crippen molar-refractivity contribution in [2.75, 3.05) is 7.05 Å². The van der Waals surface area contributed by atoms with E-state index in [2.05, 4.69) is 27.7 Å². The minimum atomic E-state index is -0.269. The van der Waals surface area contributed by atoms with Gasteiger partial charge < -0.3 is 5.32 Å². The van der Waals surface area contributed by atoms with Crippen LogP contribution < -0.4 is 5.32 Å². The van der Waals surface area contributed by atoms with E-state index in [4.69, 9.17) is 0 Å². The number of amides is 1. The molecule has 1 aromatic rings. The molecule has 0 atom stereocenters. The highest BCUT2D eigenvalue weighted by molar-refractivity contribution is 5.89. The van der Waals surface area contributed by atoms with E-state index in [1.165, 1.54) is 17.8 Å². The second kappa shape index (κ2) is 8.69. The minimum Gasteiger partial charge on any atom is -0.316 e. The van der Waals surface area contributed by atoms with Gasteiger partial charge in [0, 0.05) is 12.6 Å². The summed E-state index contributed by atoms with van der Waals surface area (Å²) in [6, 6.07) is 10.3. The molecule has 0 saturated heterocycles. The van der Waals surface area contributed by atoms with Crippen LogP contribution in [0.4, 0.5) is 0 Å². The summed E-state index contributed by atoms with van der Waals surface area (Å²) in [5.41, 5.74) is 1.33. The van der Waals surface area contributed by atoms with Gasteiger partial charge in [0.25, 0.3) is 5.91 Å². The van der Waals surface area contributed by atoms with E-state index in [0.717, 1.165) is 6.54 Å². The predicted octanol–water partition coefficient (Wildman–Crippen LogP) is 0.447. The Kier molecular flexibility index (Phi) is 7.83. The molecular formula is C11H17N3OSi. The molecular weight excluding hydrogens is 218 g/mol. The van der Waals surface area contributed by atoms with Crippen LogP contribution >= 0.6 is 0 Å². The first-order chi connectivity index (χ1) is 7.33. The van der Waals surface area contributed by atoms with Crippen LogP contribution in [-0.4, -0.2) is 23.9 Å². The molecule has 2 rings (SSSR count). The van der Waals surface area contributed by atoms with Gasteiger partial charge in [0.1, 0.15) is 0 Å². The summed E-state index contributed by atoms with van der Waals surface area (Å²) in [6.45, 7) is 0.959. The number of carbonyl (C=O) groups excluding carboxylic acids is 1. The van der Waals surface area contributed by atoms with Gasteiger partial charge in [0.2, 0.25) is 0 Å². The van der Waals surface area contributed by atoms with Crippen molar-refractivity contribution in [2.45, 2.75) is 6.54 Å². The quantitative estimate of drug-likeness (QED) is 0.757. The third-order valence-corrected chi connectivity index (χ3v) is 1.66. The second-order valence-corrected chi connectivity index (χ2v) is 2.89. The molecule has 1 heterocycles. The molecule has 16 heavy (non-hydrogen) atoms. The van der Waals surface area contributed by atoms with E-state index in [1.807, 2.05) is 25.2 Å². The van der Waals surface area contributed by atoms with Gasteiger partial charge in [0.05, 0.1) is 6.20 Å². The molecule has 1 aliphatic rings. The Balaban J connectivity index is 0.000000283. The van der Waals surface area contributed by atoms with Crippen LogP contribution in [0.3, 0.4) is 0 Å². The van der Waals surface area contributed by atoms with E-state index in [1.54, 1.807) is 0 Å². The van der Waals surface area contributed by atoms with Gasteiger partial charge in [-0.3, -0.25) is 4.79 Å². The molecule has 1 aliphatic heterocycles. The first kappa shape index (κ1) is 14.4. The average molecular weight is 235 g/mol. The molecule has 86 valence electrons. The molecule has 0 aliphatic carbocycles. The van der Waals surface area contributed by atoms with Gasteiger partial charge in [-0.2, -0.15) is 5.11 Å². The Morgan fingerprint density at radius 1 is 1.25 bits per heavy atom. The number of nitrogens with one attached hydrogen (secondary N) is 1. The zero-order chi connectivity index (χ0) is 10.9. The number of hydrogen-bond acceptors (Lipinski definition) is 3. The maximum absolute atomic E-state index is 9.90. The fourth-order valence-electron chi connectivity index (χ4n) is 1.02. The smallest absolute Gasteiger partial charge is 0.289 e. The molecule has 0 spiro atoms. The number of carbonyl (C=O) groups is 1. The van der Waals surface area contributed by atoms with E-state index in [0.29, 0.717) is 0 Å². The van der Waals surface area contributed by atoms with Gasteiger partial charge in [-0.25, -0.2) is 0 Å². The molecule has 0 unspecified atom stereocenters. The SMILES string of the molecule is CNCc1ccccc1.O=C1C=CN=N1.[SiH4]. The number of benzene rings is 1. The lowest BCUT2D eigenvalue weighted by atomic mass is 10.2. The minimum absolute atomic E-state index is 0. The number of rotatable bonds is 2. The van der Waals surface area contributed by atoms with E-state index in [-0.39, 0.29) is 16.9 Å². The molecule has 0 saturated carbocycles. The van der Waals surface area contributed by atoms with Crippen LogP contribution in [0.15, 0.2) is 52.8 Å². The Labute approximate surface area is 99.5 Å². The predicted molar refractivity (Wildman–Crippen MR) is 69.5 cm³/mol. The fraction of sp³-hybridized carbons (Fsp3) is 0.182. The van der Waals surface area contributed by atoms with Gasteiger partial charge in [-0.1, -0.05) is 30.3 Å². The van der Waals surface area contributed by atoms with Gasteiger partial charge >= 0.3 is 0 Å². The first-order valence-electron chi connectivity index (χ1n) is 4.63. The summed E-state index contributed by atoms with van der Waals surface area (Å²) in [4.78, 5) is 9.90. The molecule has 0 fully saturated rings. The van der Waals surface area contributed by atoms with Gasteiger partial charge in [-0.05, 0) is 23.6 Å². The number of nitrogens with zero attached hydrogens (tertiary/aromatic N) is 2. The number of hydrogen-bond donors (Lipinski definition) is 1. The fourth-order valence-corrected chi connectivity index (χ4v) is 1.02. The van der Waals surface area contributed by atoms with Crippen LogP contribution in [0.25, 0.3) is 0 Å². The van der Waals surface area contributed by atoms with Crippen LogP contribution in [0, 0.1) is 0 Å². The molecule has 1 N–H and O–H groups in total. The Morgan fingerprint density at radius 3 is 2.31 bits per heavy atom. The number of azo groups is 1. The molecule has 0 aromatic heterocycles. The topological polar surface area (TPSA) is 53.8 Å². The molecule has 1 amide bonds. The lowest BCUT2D eigenvalue weighted by molar-refractivity contribution is -0.113. The van der Waals surface area contributed by atoms with E-state index in [9.17, 15) is 4.79 Å². The van der Waals surface area contributed by atoms with Crippen molar-refractivity contribution >= 4 is 16.9 Å². The monoisotopic (exact) mass is 235 g/mol. The van der Waals surface area contributed by atoms with Crippen molar-refractivity contribution in [3.8, 4) is 0 Å². The Hall–Kier alpha value is -1.59. The van der Waals surface area contributed by atoms with Gasteiger partial charge in [-0.15, -0.1) is 5.11 Å². The third kappa shape index (κ3) is 6.00. The lowest BCUT2D eigenvalue weighted by Crippen LogP contribution is -2.04. The van der Waals surface area contributed by atoms with Crippen LogP contribution in [0.5, 0.6) is 0 Å². The first-order valence-corrected chi connectivity index (χ1v) is 4.63. The second-order valence-electron chi connectivity index (χ2n) is 2.89. The largest absolute Gasteiger partial charge is 0.316 e. The molecule has 5 heteroatoms. The van der Waals surface area contributed by atoms with Crippen LogP contribution in [-0.2, 0) is 11.3 Å². The summed E-state index contributed by atoms with van der Waals surface area (Å²) in [7, 11) is 1.95. The Bertz CT molecular complexity index is 349. The van der Waals surface area contributed by atoms with Gasteiger partial charge in [0.15, 0.2) is 0 Å². The van der Waals surface area contributed by atoms with Crippen molar-refractivity contribution in [3.63, 3.8) is 0 Å². The molecule has 1 aromatic carbocycles. The standard InChI is InChI=1S/C8H11N.C3H2N2O.H4Si/c1-9-7-8-5-3-2-4-6-8;6-3-1-2-4-5-3;/h2-6,9H,7H2,1H3;1-2H;1H4. The highest BCUT2D eigenvalue weighted by Gasteiger charge is 1.92. The zero-order valence-corrected chi connectivity index (χ0v) is 8.55. The Morgan fingerprint density at radius 2 is 1.94 bits per heavy atom. The summed E-state index contributed by atoms with van der Waals surface area (Å²) in [6.07, 6.45) is 2.67. The summed E-state index contributed by atoms with van der Waals surface area (Å²) in [5, 5.41) is 9.45. The summed E-state index contributed by atoms with van der Waals surface area (Å²) in [5.74, 6) is -0.269. The highest BCUT2D eigenvalue weighted by atomic mass is 28.1. The normalized spacial score (nSPS) is 11.7. The van der Waals surface area contributed by atoms with Crippen LogP contribution in [0.2, 0.25) is 0 Å². The van der Waals surface area contributed by atoms with Crippen molar-refractivity contribution in [2.24, 2.45) is 10.2 Å². The molecule has 4 nitrogen and oxygen atoms in total. The van der Waals surface area contributed by atoms with Crippen molar-refractivity contribution in [3.05, 3.63) is 48.2 Å². The zero-order valence-electron chi connectivity index (χ0n) is 8.55. The van der Waals surface area contributed by atoms with E-state index < -0.39 is 0 Å². The van der Waals surface area contributed by atoms with Crippen molar-refractivity contribution < 1.29 is 4.79 Å². The summed E-state index contributed by atoms with van der Waals surface area (Å²) >= 11 is 0.